The van der Waals surface area contributed by atoms with E-state index in [1.54, 1.807) is 0 Å². The van der Waals surface area contributed by atoms with Gasteiger partial charge < -0.3 is 5.11 Å². The van der Waals surface area contributed by atoms with E-state index in [1.807, 2.05) is 30.0 Å². The molecule has 0 atom stereocenters. The van der Waals surface area contributed by atoms with Crippen LogP contribution in [0, 0.1) is 0 Å². The second-order valence-electron chi connectivity index (χ2n) is 3.42. The topological polar surface area (TPSA) is 20.2 Å². The number of aliphatic hydroxyl groups is 1. The van der Waals surface area contributed by atoms with Crippen molar-refractivity contribution in [3.63, 3.8) is 0 Å². The standard InChI is InChI=1S/C12H17ClOS/c13-11-7-3-4-8-12(11)15-10-6-2-1-5-9-14/h3-4,7-8,14H,1-2,5-6,9-10H2. The zero-order chi connectivity index (χ0) is 10.9. The predicted molar refractivity (Wildman–Crippen MR) is 67.7 cm³/mol. The summed E-state index contributed by atoms with van der Waals surface area (Å²) in [6.07, 6.45) is 4.43. The molecule has 0 radical (unpaired) electrons. The summed E-state index contributed by atoms with van der Waals surface area (Å²) >= 11 is 7.84. The van der Waals surface area contributed by atoms with Gasteiger partial charge >= 0.3 is 0 Å². The maximum Gasteiger partial charge on any atom is 0.0541 e. The minimum Gasteiger partial charge on any atom is -0.396 e. The SMILES string of the molecule is OCCCCCCSc1ccccc1Cl. The molecule has 3 heteroatoms. The Hall–Kier alpha value is -0.180. The van der Waals surface area contributed by atoms with E-state index in [1.165, 1.54) is 17.7 Å². The Morgan fingerprint density at radius 1 is 1.07 bits per heavy atom. The highest BCUT2D eigenvalue weighted by molar-refractivity contribution is 7.99. The van der Waals surface area contributed by atoms with Gasteiger partial charge in [0.05, 0.1) is 5.02 Å². The number of aliphatic hydroxyl groups excluding tert-OH is 1. The highest BCUT2D eigenvalue weighted by atomic mass is 35.5. The summed E-state index contributed by atoms with van der Waals surface area (Å²) < 4.78 is 0. The number of hydrogen-bond acceptors (Lipinski definition) is 2. The third kappa shape index (κ3) is 5.45. The molecule has 1 nitrogen and oxygen atoms in total. The van der Waals surface area contributed by atoms with Crippen LogP contribution in [0.5, 0.6) is 0 Å². The Kier molecular flexibility index (Phi) is 6.90. The fourth-order valence-electron chi connectivity index (χ4n) is 1.31. The average molecular weight is 245 g/mol. The fourth-order valence-corrected chi connectivity index (χ4v) is 2.56. The normalized spacial score (nSPS) is 10.5. The van der Waals surface area contributed by atoms with Gasteiger partial charge in [0.1, 0.15) is 0 Å². The van der Waals surface area contributed by atoms with Gasteiger partial charge in [-0.15, -0.1) is 11.8 Å². The zero-order valence-corrected chi connectivity index (χ0v) is 10.4. The summed E-state index contributed by atoms with van der Waals surface area (Å²) in [5, 5.41) is 9.46. The molecule has 1 N–H and O–H groups in total. The molecule has 0 aliphatic carbocycles. The monoisotopic (exact) mass is 244 g/mol. The van der Waals surface area contributed by atoms with Crippen molar-refractivity contribution in [2.75, 3.05) is 12.4 Å². The molecule has 0 spiro atoms. The molecule has 0 unspecified atom stereocenters. The summed E-state index contributed by atoms with van der Waals surface area (Å²) in [5.41, 5.74) is 0. The van der Waals surface area contributed by atoms with Crippen LogP contribution in [-0.4, -0.2) is 17.5 Å². The minimum absolute atomic E-state index is 0.317. The molecule has 0 heterocycles. The molecule has 1 aromatic rings. The Morgan fingerprint density at radius 3 is 2.53 bits per heavy atom. The molecule has 1 rings (SSSR count). The number of benzene rings is 1. The highest BCUT2D eigenvalue weighted by Gasteiger charge is 1.98. The van der Waals surface area contributed by atoms with Gasteiger partial charge in [-0.25, -0.2) is 0 Å². The third-order valence-corrected chi connectivity index (χ3v) is 3.75. The van der Waals surface area contributed by atoms with Gasteiger partial charge in [0, 0.05) is 11.5 Å². The molecule has 0 saturated carbocycles. The largest absolute Gasteiger partial charge is 0.396 e. The Labute approximate surface area is 101 Å². The smallest absolute Gasteiger partial charge is 0.0541 e. The lowest BCUT2D eigenvalue weighted by molar-refractivity contribution is 0.283. The van der Waals surface area contributed by atoms with Crippen LogP contribution in [0.1, 0.15) is 25.7 Å². The Morgan fingerprint density at radius 2 is 1.80 bits per heavy atom. The molecule has 84 valence electrons. The lowest BCUT2D eigenvalue weighted by Crippen LogP contribution is -1.85. The zero-order valence-electron chi connectivity index (χ0n) is 8.79. The van der Waals surface area contributed by atoms with Crippen LogP contribution < -0.4 is 0 Å². The van der Waals surface area contributed by atoms with E-state index in [2.05, 4.69) is 6.07 Å². The summed E-state index contributed by atoms with van der Waals surface area (Å²) in [6.45, 7) is 0.317. The Bertz CT molecular complexity index is 278. The first kappa shape index (κ1) is 12.9. The second kappa shape index (κ2) is 8.03. The van der Waals surface area contributed by atoms with Crippen molar-refractivity contribution in [3.8, 4) is 0 Å². The van der Waals surface area contributed by atoms with E-state index in [0.717, 1.165) is 23.6 Å². The molecule has 0 fully saturated rings. The molecule has 15 heavy (non-hydrogen) atoms. The van der Waals surface area contributed by atoms with Crippen LogP contribution in [0.3, 0.4) is 0 Å². The maximum absolute atomic E-state index is 8.61. The molecule has 0 aliphatic rings. The van der Waals surface area contributed by atoms with Crippen molar-refractivity contribution in [1.29, 1.82) is 0 Å². The molecule has 0 aromatic heterocycles. The molecular weight excluding hydrogens is 228 g/mol. The van der Waals surface area contributed by atoms with E-state index < -0.39 is 0 Å². The number of unbranched alkanes of at least 4 members (excludes halogenated alkanes) is 3. The van der Waals surface area contributed by atoms with Crippen LogP contribution >= 0.6 is 23.4 Å². The van der Waals surface area contributed by atoms with Gasteiger partial charge in [0.2, 0.25) is 0 Å². The quantitative estimate of drug-likeness (QED) is 0.578. The third-order valence-electron chi connectivity index (χ3n) is 2.15. The van der Waals surface area contributed by atoms with Crippen molar-refractivity contribution in [1.82, 2.24) is 0 Å². The fraction of sp³-hybridized carbons (Fsp3) is 0.500. The molecule has 1 aromatic carbocycles. The van der Waals surface area contributed by atoms with Gasteiger partial charge in [-0.05, 0) is 30.7 Å². The van der Waals surface area contributed by atoms with Crippen molar-refractivity contribution in [2.24, 2.45) is 0 Å². The van der Waals surface area contributed by atoms with Gasteiger partial charge in [-0.3, -0.25) is 0 Å². The maximum atomic E-state index is 8.61. The van der Waals surface area contributed by atoms with Crippen molar-refractivity contribution >= 4 is 23.4 Å². The lowest BCUT2D eigenvalue weighted by Gasteiger charge is -2.03. The molecule has 0 bridgehead atoms. The van der Waals surface area contributed by atoms with Gasteiger partial charge in [-0.1, -0.05) is 36.6 Å². The number of thioether (sulfide) groups is 1. The first-order valence-electron chi connectivity index (χ1n) is 5.33. The number of rotatable bonds is 7. The lowest BCUT2D eigenvalue weighted by atomic mass is 10.2. The highest BCUT2D eigenvalue weighted by Crippen LogP contribution is 2.27. The van der Waals surface area contributed by atoms with Crippen molar-refractivity contribution in [2.45, 2.75) is 30.6 Å². The summed E-state index contributed by atoms with van der Waals surface area (Å²) in [4.78, 5) is 1.17. The van der Waals surface area contributed by atoms with Crippen LogP contribution in [0.4, 0.5) is 0 Å². The molecule has 0 amide bonds. The molecular formula is C12H17ClOS. The van der Waals surface area contributed by atoms with Gasteiger partial charge in [-0.2, -0.15) is 0 Å². The first-order valence-corrected chi connectivity index (χ1v) is 6.69. The number of hydrogen-bond donors (Lipinski definition) is 1. The minimum atomic E-state index is 0.317. The van der Waals surface area contributed by atoms with E-state index in [-0.39, 0.29) is 0 Å². The summed E-state index contributed by atoms with van der Waals surface area (Å²) in [7, 11) is 0. The van der Waals surface area contributed by atoms with Crippen molar-refractivity contribution < 1.29 is 5.11 Å². The van der Waals surface area contributed by atoms with E-state index in [9.17, 15) is 0 Å². The van der Waals surface area contributed by atoms with E-state index >= 15 is 0 Å². The van der Waals surface area contributed by atoms with Crippen LogP contribution in [-0.2, 0) is 0 Å². The second-order valence-corrected chi connectivity index (χ2v) is 4.96. The average Bonchev–Trinajstić information content (AvgIpc) is 2.25. The van der Waals surface area contributed by atoms with Gasteiger partial charge in [0.25, 0.3) is 0 Å². The van der Waals surface area contributed by atoms with E-state index in [0.29, 0.717) is 6.61 Å². The summed E-state index contributed by atoms with van der Waals surface area (Å²) in [5.74, 6) is 1.11. The van der Waals surface area contributed by atoms with E-state index in [4.69, 9.17) is 16.7 Å². The van der Waals surface area contributed by atoms with Crippen molar-refractivity contribution in [3.05, 3.63) is 29.3 Å². The van der Waals surface area contributed by atoms with Crippen LogP contribution in [0.25, 0.3) is 0 Å². The van der Waals surface area contributed by atoms with Crippen LogP contribution in [0.15, 0.2) is 29.2 Å². The van der Waals surface area contributed by atoms with Crippen LogP contribution in [0.2, 0.25) is 5.02 Å². The first-order chi connectivity index (χ1) is 7.34. The predicted octanol–water partition coefficient (Wildman–Crippen LogP) is 3.98. The Balaban J connectivity index is 2.12. The summed E-state index contributed by atoms with van der Waals surface area (Å²) in [6, 6.07) is 7.95. The molecule has 0 saturated heterocycles. The van der Waals surface area contributed by atoms with Gasteiger partial charge in [0.15, 0.2) is 0 Å². The molecule has 0 aliphatic heterocycles. The number of halogens is 1.